The Morgan fingerprint density at radius 2 is 2.26 bits per heavy atom. The summed E-state index contributed by atoms with van der Waals surface area (Å²) in [5.74, 6) is -0.846. The highest BCUT2D eigenvalue weighted by atomic mass is 35.5. The topological polar surface area (TPSA) is 70.2 Å². The van der Waals surface area contributed by atoms with E-state index in [1.165, 1.54) is 12.1 Å². The molecular formula is C16H21ClFN3O2. The zero-order chi connectivity index (χ0) is 16.8. The van der Waals surface area contributed by atoms with Crippen molar-refractivity contribution in [2.45, 2.75) is 38.3 Å². The lowest BCUT2D eigenvalue weighted by molar-refractivity contribution is -0.128. The Bertz CT molecular complexity index is 582. The van der Waals surface area contributed by atoms with E-state index in [2.05, 4.69) is 16.0 Å². The van der Waals surface area contributed by atoms with Gasteiger partial charge in [-0.15, -0.1) is 0 Å². The normalized spacial score (nSPS) is 19.6. The minimum Gasteiger partial charge on any atom is -0.354 e. The van der Waals surface area contributed by atoms with Gasteiger partial charge >= 0.3 is 0 Å². The molecule has 2 rings (SSSR count). The monoisotopic (exact) mass is 341 g/mol. The zero-order valence-corrected chi connectivity index (χ0v) is 13.8. The van der Waals surface area contributed by atoms with Crippen molar-refractivity contribution >= 4 is 23.4 Å². The predicted molar refractivity (Wildman–Crippen MR) is 86.6 cm³/mol. The van der Waals surface area contributed by atoms with Gasteiger partial charge in [0.15, 0.2) is 0 Å². The molecule has 1 aliphatic rings. The van der Waals surface area contributed by atoms with Gasteiger partial charge in [-0.1, -0.05) is 17.7 Å². The maximum atomic E-state index is 13.2. The van der Waals surface area contributed by atoms with E-state index in [1.54, 1.807) is 6.07 Å². The summed E-state index contributed by atoms with van der Waals surface area (Å²) in [6.07, 6.45) is 2.49. The lowest BCUT2D eigenvalue weighted by Gasteiger charge is -2.18. The summed E-state index contributed by atoms with van der Waals surface area (Å²) in [6.45, 7) is 2.58. The summed E-state index contributed by atoms with van der Waals surface area (Å²) >= 11 is 5.75. The van der Waals surface area contributed by atoms with Crippen LogP contribution in [-0.2, 0) is 9.59 Å². The average molecular weight is 342 g/mol. The molecule has 0 saturated carbocycles. The predicted octanol–water partition coefficient (Wildman–Crippen LogP) is 1.91. The number of hydrogen-bond acceptors (Lipinski definition) is 3. The molecule has 0 spiro atoms. The first-order valence-corrected chi connectivity index (χ1v) is 8.10. The Hall–Kier alpha value is -1.66. The summed E-state index contributed by atoms with van der Waals surface area (Å²) in [5, 5.41) is 8.61. The molecule has 2 atom stereocenters. The third-order valence-corrected chi connectivity index (χ3v) is 4.17. The average Bonchev–Trinajstić information content (AvgIpc) is 2.72. The van der Waals surface area contributed by atoms with Crippen LogP contribution in [0.25, 0.3) is 0 Å². The molecule has 3 N–H and O–H groups in total. The molecule has 1 aliphatic heterocycles. The minimum absolute atomic E-state index is 0.0516. The molecule has 1 heterocycles. The Kier molecular flexibility index (Phi) is 6.36. The highest BCUT2D eigenvalue weighted by Gasteiger charge is 2.22. The number of rotatable bonds is 5. The van der Waals surface area contributed by atoms with E-state index < -0.39 is 11.9 Å². The van der Waals surface area contributed by atoms with E-state index in [9.17, 15) is 14.0 Å². The second-order valence-electron chi connectivity index (χ2n) is 5.68. The van der Waals surface area contributed by atoms with Crippen LogP contribution in [-0.4, -0.2) is 30.9 Å². The number of amides is 2. The van der Waals surface area contributed by atoms with Gasteiger partial charge in [0.1, 0.15) is 11.9 Å². The van der Waals surface area contributed by atoms with Crippen molar-refractivity contribution in [3.05, 3.63) is 34.6 Å². The fourth-order valence-electron chi connectivity index (χ4n) is 2.47. The lowest BCUT2D eigenvalue weighted by atomic mass is 10.1. The van der Waals surface area contributed by atoms with Gasteiger partial charge in [0.25, 0.3) is 0 Å². The number of benzene rings is 1. The van der Waals surface area contributed by atoms with Crippen LogP contribution in [0.5, 0.6) is 0 Å². The van der Waals surface area contributed by atoms with E-state index in [4.69, 9.17) is 11.6 Å². The Labute approximate surface area is 140 Å². The van der Waals surface area contributed by atoms with Crippen LogP contribution < -0.4 is 16.0 Å². The van der Waals surface area contributed by atoms with Crippen LogP contribution >= 0.6 is 11.6 Å². The van der Waals surface area contributed by atoms with E-state index in [1.807, 2.05) is 6.92 Å². The van der Waals surface area contributed by atoms with Gasteiger partial charge in [-0.05, 0) is 43.9 Å². The van der Waals surface area contributed by atoms with Crippen molar-refractivity contribution in [1.29, 1.82) is 0 Å². The smallest absolute Gasteiger partial charge is 0.242 e. The molecule has 0 bridgehead atoms. The van der Waals surface area contributed by atoms with Gasteiger partial charge in [-0.2, -0.15) is 0 Å². The van der Waals surface area contributed by atoms with Crippen molar-refractivity contribution in [1.82, 2.24) is 16.0 Å². The highest BCUT2D eigenvalue weighted by molar-refractivity contribution is 6.30. The van der Waals surface area contributed by atoms with E-state index in [0.717, 1.165) is 18.4 Å². The van der Waals surface area contributed by atoms with Crippen LogP contribution in [0.15, 0.2) is 18.2 Å². The van der Waals surface area contributed by atoms with Crippen LogP contribution in [0.4, 0.5) is 4.39 Å². The largest absolute Gasteiger partial charge is 0.354 e. The minimum atomic E-state index is -0.472. The molecule has 23 heavy (non-hydrogen) atoms. The molecule has 1 saturated heterocycles. The molecule has 7 heteroatoms. The molecule has 0 radical (unpaired) electrons. The molecule has 0 aliphatic carbocycles. The van der Waals surface area contributed by atoms with Crippen molar-refractivity contribution in [3.63, 3.8) is 0 Å². The summed E-state index contributed by atoms with van der Waals surface area (Å²) < 4.78 is 13.2. The Morgan fingerprint density at radius 3 is 3.00 bits per heavy atom. The summed E-state index contributed by atoms with van der Waals surface area (Å²) in [5.41, 5.74) is 0.788. The summed E-state index contributed by atoms with van der Waals surface area (Å²) in [4.78, 5) is 23.8. The van der Waals surface area contributed by atoms with Crippen LogP contribution in [0, 0.1) is 5.82 Å². The molecule has 2 amide bonds. The van der Waals surface area contributed by atoms with Crippen molar-refractivity contribution in [2.24, 2.45) is 0 Å². The van der Waals surface area contributed by atoms with Crippen LogP contribution in [0.2, 0.25) is 5.02 Å². The van der Waals surface area contributed by atoms with Crippen molar-refractivity contribution < 1.29 is 14.0 Å². The standard InChI is InChI=1S/C16H21ClFN3O2/c1-10(11-5-6-13(18)12(17)8-11)20-9-15(22)21-14-4-2-3-7-19-16(14)23/h5-6,8,10,14,20H,2-4,7,9H2,1H3,(H,19,23)(H,21,22)/t10-,14-/m1/s1. The van der Waals surface area contributed by atoms with Crippen LogP contribution in [0.1, 0.15) is 37.8 Å². The lowest BCUT2D eigenvalue weighted by Crippen LogP contribution is -2.48. The van der Waals surface area contributed by atoms with Gasteiger partial charge in [-0.3, -0.25) is 9.59 Å². The molecule has 5 nitrogen and oxygen atoms in total. The van der Waals surface area contributed by atoms with E-state index in [0.29, 0.717) is 13.0 Å². The first-order valence-electron chi connectivity index (χ1n) is 7.73. The van der Waals surface area contributed by atoms with Gasteiger partial charge in [0.2, 0.25) is 11.8 Å². The number of nitrogens with one attached hydrogen (secondary N) is 3. The number of halogens is 2. The van der Waals surface area contributed by atoms with Crippen LogP contribution in [0.3, 0.4) is 0 Å². The SMILES string of the molecule is C[C@@H](NCC(=O)N[C@@H]1CCCCNC1=O)c1ccc(F)c(Cl)c1. The van der Waals surface area contributed by atoms with E-state index >= 15 is 0 Å². The first-order chi connectivity index (χ1) is 11.0. The highest BCUT2D eigenvalue weighted by Crippen LogP contribution is 2.20. The molecule has 1 fully saturated rings. The summed E-state index contributed by atoms with van der Waals surface area (Å²) in [6, 6.07) is 3.82. The summed E-state index contributed by atoms with van der Waals surface area (Å²) in [7, 11) is 0. The Balaban J connectivity index is 1.83. The third kappa shape index (κ3) is 5.18. The van der Waals surface area contributed by atoms with Gasteiger partial charge in [0.05, 0.1) is 11.6 Å². The number of carbonyl (C=O) groups excluding carboxylic acids is 2. The number of hydrogen-bond donors (Lipinski definition) is 3. The molecule has 1 aromatic rings. The molecule has 126 valence electrons. The van der Waals surface area contributed by atoms with E-state index in [-0.39, 0.29) is 29.4 Å². The first kappa shape index (κ1) is 17.7. The van der Waals surface area contributed by atoms with Crippen molar-refractivity contribution in [3.8, 4) is 0 Å². The Morgan fingerprint density at radius 1 is 1.48 bits per heavy atom. The fourth-order valence-corrected chi connectivity index (χ4v) is 2.66. The molecule has 1 aromatic carbocycles. The molecular weight excluding hydrogens is 321 g/mol. The molecule has 0 unspecified atom stereocenters. The second-order valence-corrected chi connectivity index (χ2v) is 6.09. The fraction of sp³-hybridized carbons (Fsp3) is 0.500. The maximum absolute atomic E-state index is 13.2. The van der Waals surface area contributed by atoms with Gasteiger partial charge < -0.3 is 16.0 Å². The number of carbonyl (C=O) groups is 2. The second kappa shape index (κ2) is 8.26. The quantitative estimate of drug-likeness (QED) is 0.766. The van der Waals surface area contributed by atoms with Crippen molar-refractivity contribution in [2.75, 3.05) is 13.1 Å². The molecule has 0 aromatic heterocycles. The maximum Gasteiger partial charge on any atom is 0.242 e. The van der Waals surface area contributed by atoms with Gasteiger partial charge in [-0.25, -0.2) is 4.39 Å². The zero-order valence-electron chi connectivity index (χ0n) is 13.0. The third-order valence-electron chi connectivity index (χ3n) is 3.88. The van der Waals surface area contributed by atoms with Gasteiger partial charge in [0, 0.05) is 12.6 Å².